The van der Waals surface area contributed by atoms with Gasteiger partial charge in [0.1, 0.15) is 0 Å². The molecule has 0 fully saturated rings. The van der Waals surface area contributed by atoms with Crippen LogP contribution in [0.1, 0.15) is 32.4 Å². The quantitative estimate of drug-likeness (QED) is 0.715. The van der Waals surface area contributed by atoms with Crippen molar-refractivity contribution in [3.63, 3.8) is 0 Å². The van der Waals surface area contributed by atoms with Crippen molar-refractivity contribution in [1.29, 1.82) is 0 Å². The summed E-state index contributed by atoms with van der Waals surface area (Å²) >= 11 is 12.0. The molecule has 0 saturated carbocycles. The van der Waals surface area contributed by atoms with Crippen molar-refractivity contribution in [2.45, 2.75) is 39.0 Å². The summed E-state index contributed by atoms with van der Waals surface area (Å²) in [4.78, 5) is 26.3. The van der Waals surface area contributed by atoms with E-state index >= 15 is 0 Å². The van der Waals surface area contributed by atoms with Crippen LogP contribution in [0.2, 0.25) is 10.0 Å². The second kappa shape index (κ2) is 7.15. The summed E-state index contributed by atoms with van der Waals surface area (Å²) in [6.45, 7) is 5.01. The monoisotopic (exact) mass is 406 g/mol. The normalized spacial score (nSPS) is 13.1. The Morgan fingerprint density at radius 2 is 1.63 bits per heavy atom. The van der Waals surface area contributed by atoms with Crippen molar-refractivity contribution >= 4 is 34.1 Å². The maximum absolute atomic E-state index is 13.2. The molecule has 0 saturated heterocycles. The summed E-state index contributed by atoms with van der Waals surface area (Å²) < 4.78 is 2.60. The molecule has 0 amide bonds. The van der Waals surface area contributed by atoms with E-state index in [9.17, 15) is 14.7 Å². The van der Waals surface area contributed by atoms with Gasteiger partial charge in [-0.2, -0.15) is 0 Å². The number of halogens is 2. The summed E-state index contributed by atoms with van der Waals surface area (Å²) in [5.41, 5.74) is -0.869. The molecule has 142 valence electrons. The third-order valence-corrected chi connectivity index (χ3v) is 4.91. The number of rotatable bonds is 4. The summed E-state index contributed by atoms with van der Waals surface area (Å²) in [5, 5.41) is 11.6. The van der Waals surface area contributed by atoms with E-state index < -0.39 is 22.9 Å². The Kier molecular flexibility index (Phi) is 5.21. The van der Waals surface area contributed by atoms with Crippen LogP contribution in [0, 0.1) is 0 Å². The Bertz CT molecular complexity index is 1110. The standard InChI is InChI=1S/C20H20Cl2N2O3/c1-12(13-4-6-14(21)7-5-13)24-18(25)16-9-8-15(22)10-17(16)23(19(24)26)11-20(2,3)27/h4-10,12,27H,11H2,1-3H3. The molecule has 3 rings (SSSR count). The Labute approximate surface area is 166 Å². The molecule has 1 heterocycles. The number of nitrogens with zero attached hydrogens (tertiary/aromatic N) is 2. The van der Waals surface area contributed by atoms with E-state index in [-0.39, 0.29) is 6.54 Å². The van der Waals surface area contributed by atoms with Gasteiger partial charge in [0.15, 0.2) is 0 Å². The summed E-state index contributed by atoms with van der Waals surface area (Å²) in [7, 11) is 0. The molecule has 0 aliphatic carbocycles. The first-order valence-corrected chi connectivity index (χ1v) is 9.26. The van der Waals surface area contributed by atoms with E-state index in [1.54, 1.807) is 63.2 Å². The lowest BCUT2D eigenvalue weighted by Crippen LogP contribution is -2.44. The highest BCUT2D eigenvalue weighted by Gasteiger charge is 2.22. The fourth-order valence-electron chi connectivity index (χ4n) is 3.13. The molecule has 7 heteroatoms. The van der Waals surface area contributed by atoms with Crippen molar-refractivity contribution < 1.29 is 5.11 Å². The van der Waals surface area contributed by atoms with Gasteiger partial charge in [-0.3, -0.25) is 13.9 Å². The minimum atomic E-state index is -1.15. The average Bonchev–Trinajstić information content (AvgIpc) is 2.58. The van der Waals surface area contributed by atoms with E-state index in [0.717, 1.165) is 5.56 Å². The maximum Gasteiger partial charge on any atom is 0.332 e. The Hall–Kier alpha value is -2.08. The number of benzene rings is 2. The third kappa shape index (κ3) is 3.95. The highest BCUT2D eigenvalue weighted by atomic mass is 35.5. The zero-order valence-electron chi connectivity index (χ0n) is 15.2. The molecule has 1 unspecified atom stereocenters. The SMILES string of the molecule is CC(c1ccc(Cl)cc1)n1c(=O)c2ccc(Cl)cc2n(CC(C)(C)O)c1=O. The van der Waals surface area contributed by atoms with Crippen LogP contribution in [0.15, 0.2) is 52.1 Å². The van der Waals surface area contributed by atoms with E-state index in [4.69, 9.17) is 23.2 Å². The zero-order valence-corrected chi connectivity index (χ0v) is 16.8. The predicted octanol–water partition coefficient (Wildman–Crippen LogP) is 3.85. The van der Waals surface area contributed by atoms with Gasteiger partial charge in [-0.05, 0) is 56.7 Å². The molecule has 0 aliphatic heterocycles. The number of hydrogen-bond acceptors (Lipinski definition) is 3. The van der Waals surface area contributed by atoms with Crippen molar-refractivity contribution in [2.24, 2.45) is 0 Å². The average molecular weight is 407 g/mol. The molecule has 3 aromatic rings. The first-order chi connectivity index (χ1) is 12.6. The van der Waals surface area contributed by atoms with Gasteiger partial charge in [0, 0.05) is 10.0 Å². The van der Waals surface area contributed by atoms with Crippen LogP contribution < -0.4 is 11.2 Å². The molecule has 27 heavy (non-hydrogen) atoms. The van der Waals surface area contributed by atoms with Gasteiger partial charge in [0.05, 0.1) is 29.1 Å². The first-order valence-electron chi connectivity index (χ1n) is 8.51. The zero-order chi connectivity index (χ0) is 19.9. The van der Waals surface area contributed by atoms with Crippen LogP contribution in [0.3, 0.4) is 0 Å². The molecule has 0 aliphatic rings. The van der Waals surface area contributed by atoms with Crippen LogP contribution in [-0.4, -0.2) is 19.8 Å². The van der Waals surface area contributed by atoms with Gasteiger partial charge < -0.3 is 5.11 Å². The van der Waals surface area contributed by atoms with Crippen LogP contribution >= 0.6 is 23.2 Å². The largest absolute Gasteiger partial charge is 0.389 e. The maximum atomic E-state index is 13.2. The third-order valence-electron chi connectivity index (χ3n) is 4.42. The van der Waals surface area contributed by atoms with Crippen LogP contribution in [0.25, 0.3) is 10.9 Å². The number of fused-ring (bicyclic) bond motifs is 1. The first kappa shape index (κ1) is 19.7. The topological polar surface area (TPSA) is 64.2 Å². The molecule has 1 aromatic heterocycles. The van der Waals surface area contributed by atoms with Gasteiger partial charge in [-0.15, -0.1) is 0 Å². The molecular formula is C20H20Cl2N2O3. The van der Waals surface area contributed by atoms with Crippen molar-refractivity contribution in [3.8, 4) is 0 Å². The second-order valence-electron chi connectivity index (χ2n) is 7.25. The molecule has 1 atom stereocenters. The number of aliphatic hydroxyl groups is 1. The molecule has 1 N–H and O–H groups in total. The smallest absolute Gasteiger partial charge is 0.332 e. The van der Waals surface area contributed by atoms with Gasteiger partial charge >= 0.3 is 5.69 Å². The van der Waals surface area contributed by atoms with Gasteiger partial charge in [0.2, 0.25) is 0 Å². The molecule has 0 bridgehead atoms. The van der Waals surface area contributed by atoms with Gasteiger partial charge in [0.25, 0.3) is 5.56 Å². The Morgan fingerprint density at radius 1 is 1.04 bits per heavy atom. The van der Waals surface area contributed by atoms with Crippen LogP contribution in [0.4, 0.5) is 0 Å². The van der Waals surface area contributed by atoms with Crippen LogP contribution in [0.5, 0.6) is 0 Å². The van der Waals surface area contributed by atoms with Crippen molar-refractivity contribution in [2.75, 3.05) is 0 Å². The molecule has 0 radical (unpaired) electrons. The fourth-order valence-corrected chi connectivity index (χ4v) is 3.42. The summed E-state index contributed by atoms with van der Waals surface area (Å²) in [6.07, 6.45) is 0. The lowest BCUT2D eigenvalue weighted by molar-refractivity contribution is 0.0609. The summed E-state index contributed by atoms with van der Waals surface area (Å²) in [5.74, 6) is 0. The van der Waals surface area contributed by atoms with Crippen LogP contribution in [-0.2, 0) is 6.54 Å². The number of hydrogen-bond donors (Lipinski definition) is 1. The van der Waals surface area contributed by atoms with Crippen molar-refractivity contribution in [1.82, 2.24) is 9.13 Å². The molecule has 0 spiro atoms. The van der Waals surface area contributed by atoms with E-state index in [1.807, 2.05) is 0 Å². The Balaban J connectivity index is 2.33. The molecule has 5 nitrogen and oxygen atoms in total. The van der Waals surface area contributed by atoms with E-state index in [2.05, 4.69) is 0 Å². The van der Waals surface area contributed by atoms with E-state index in [1.165, 1.54) is 9.13 Å². The Morgan fingerprint density at radius 3 is 2.22 bits per heavy atom. The lowest BCUT2D eigenvalue weighted by Gasteiger charge is -2.23. The molecule has 2 aromatic carbocycles. The second-order valence-corrected chi connectivity index (χ2v) is 8.12. The fraction of sp³-hybridized carbons (Fsp3) is 0.300. The molecular weight excluding hydrogens is 387 g/mol. The highest BCUT2D eigenvalue weighted by molar-refractivity contribution is 6.31. The number of aromatic nitrogens is 2. The minimum absolute atomic E-state index is 0.0241. The predicted molar refractivity (Wildman–Crippen MR) is 109 cm³/mol. The summed E-state index contributed by atoms with van der Waals surface area (Å²) in [6, 6.07) is 11.3. The minimum Gasteiger partial charge on any atom is -0.389 e. The van der Waals surface area contributed by atoms with Gasteiger partial charge in [-0.1, -0.05) is 35.3 Å². The highest BCUT2D eigenvalue weighted by Crippen LogP contribution is 2.21. The van der Waals surface area contributed by atoms with Crippen molar-refractivity contribution in [3.05, 3.63) is 78.9 Å². The van der Waals surface area contributed by atoms with Gasteiger partial charge in [-0.25, -0.2) is 4.79 Å². The lowest BCUT2D eigenvalue weighted by atomic mass is 10.1. The van der Waals surface area contributed by atoms with E-state index in [0.29, 0.717) is 20.9 Å².